The van der Waals surface area contributed by atoms with Gasteiger partial charge in [0.05, 0.1) is 19.8 Å². The fourth-order valence-corrected chi connectivity index (χ4v) is 3.97. The summed E-state index contributed by atoms with van der Waals surface area (Å²) in [5.41, 5.74) is 0.997. The van der Waals surface area contributed by atoms with Gasteiger partial charge in [-0.25, -0.2) is 14.8 Å². The van der Waals surface area contributed by atoms with Gasteiger partial charge in [0.15, 0.2) is 0 Å². The SMILES string of the molecule is CCCNc1nc(Nc2ccnc(OC)c2)ncc1CCCNC(=O)[C@@H]1C[C@H](O)CN1C(=O)OC(C)(C)C. The lowest BCUT2D eigenvalue weighted by Crippen LogP contribution is -2.47. The van der Waals surface area contributed by atoms with Crippen LogP contribution in [0.1, 0.15) is 52.5 Å². The summed E-state index contributed by atoms with van der Waals surface area (Å²) in [5, 5.41) is 19.5. The number of aliphatic hydroxyl groups is 1. The number of aliphatic hydroxyl groups excluding tert-OH is 1. The minimum Gasteiger partial charge on any atom is -0.481 e. The van der Waals surface area contributed by atoms with Crippen molar-refractivity contribution < 1.29 is 24.2 Å². The molecule has 4 N–H and O–H groups in total. The van der Waals surface area contributed by atoms with Crippen LogP contribution in [0.5, 0.6) is 5.88 Å². The number of pyridine rings is 1. The molecule has 1 fully saturated rings. The second-order valence-corrected chi connectivity index (χ2v) is 10.1. The summed E-state index contributed by atoms with van der Waals surface area (Å²) in [6, 6.07) is 2.79. The van der Waals surface area contributed by atoms with Gasteiger partial charge in [-0.05, 0) is 46.1 Å². The largest absolute Gasteiger partial charge is 0.481 e. The Morgan fingerprint density at radius 2 is 2.03 bits per heavy atom. The number of carbonyl (C=O) groups excluding carboxylic acids is 2. The third kappa shape index (κ3) is 8.44. The fraction of sp³-hybridized carbons (Fsp3) is 0.577. The predicted molar refractivity (Wildman–Crippen MR) is 144 cm³/mol. The molecule has 0 spiro atoms. The highest BCUT2D eigenvalue weighted by Gasteiger charge is 2.40. The number of methoxy groups -OCH3 is 1. The van der Waals surface area contributed by atoms with Crippen LogP contribution in [0.25, 0.3) is 0 Å². The quantitative estimate of drug-likeness (QED) is 0.320. The Labute approximate surface area is 223 Å². The summed E-state index contributed by atoms with van der Waals surface area (Å²) in [5.74, 6) is 1.35. The molecule has 0 saturated carbocycles. The topological polar surface area (TPSA) is 151 Å². The minimum absolute atomic E-state index is 0.0729. The summed E-state index contributed by atoms with van der Waals surface area (Å²) in [6.07, 6.45) is 4.45. The molecule has 1 aliphatic rings. The van der Waals surface area contributed by atoms with Crippen molar-refractivity contribution in [3.8, 4) is 5.88 Å². The van der Waals surface area contributed by atoms with E-state index < -0.39 is 23.8 Å². The second-order valence-electron chi connectivity index (χ2n) is 10.1. The number of rotatable bonds is 11. The Balaban J connectivity index is 1.57. The zero-order chi connectivity index (χ0) is 27.7. The number of nitrogens with one attached hydrogen (secondary N) is 3. The van der Waals surface area contributed by atoms with Gasteiger partial charge in [0.25, 0.3) is 0 Å². The summed E-state index contributed by atoms with van der Waals surface area (Å²) in [4.78, 5) is 39.8. The molecule has 12 heteroatoms. The van der Waals surface area contributed by atoms with Crippen LogP contribution in [0.2, 0.25) is 0 Å². The van der Waals surface area contributed by atoms with Gasteiger partial charge in [-0.3, -0.25) is 9.69 Å². The Morgan fingerprint density at radius 1 is 1.24 bits per heavy atom. The molecule has 1 aliphatic heterocycles. The summed E-state index contributed by atoms with van der Waals surface area (Å²) in [6.45, 7) is 8.59. The first-order valence-corrected chi connectivity index (χ1v) is 12.9. The number of aryl methyl sites for hydroxylation is 1. The summed E-state index contributed by atoms with van der Waals surface area (Å²) in [7, 11) is 1.56. The average Bonchev–Trinajstić information content (AvgIpc) is 3.27. The maximum absolute atomic E-state index is 12.8. The van der Waals surface area contributed by atoms with Crippen molar-refractivity contribution in [1.82, 2.24) is 25.2 Å². The Bertz CT molecular complexity index is 1090. The van der Waals surface area contributed by atoms with E-state index in [0.29, 0.717) is 31.2 Å². The van der Waals surface area contributed by atoms with E-state index in [2.05, 4.69) is 37.8 Å². The maximum Gasteiger partial charge on any atom is 0.411 e. The monoisotopic (exact) mass is 529 g/mol. The Hall–Kier alpha value is -3.67. The van der Waals surface area contributed by atoms with Crippen LogP contribution in [0.3, 0.4) is 0 Å². The standard InChI is InChI=1S/C26H39N7O5/c1-6-10-28-22-17(15-30-24(32-22)31-18-9-12-27-21(13-18)37-5)8-7-11-29-23(35)20-14-19(34)16-33(20)25(36)38-26(2,3)4/h9,12-13,15,19-20,34H,6-8,10-11,14,16H2,1-5H3,(H,29,35)(H2,27,28,30,31,32)/t19-,20-/m0/s1. The molecular weight excluding hydrogens is 490 g/mol. The van der Waals surface area contributed by atoms with Crippen molar-refractivity contribution in [2.45, 2.75) is 71.1 Å². The van der Waals surface area contributed by atoms with Crippen LogP contribution >= 0.6 is 0 Å². The molecule has 38 heavy (non-hydrogen) atoms. The third-order valence-corrected chi connectivity index (χ3v) is 5.74. The molecule has 3 heterocycles. The maximum atomic E-state index is 12.8. The van der Waals surface area contributed by atoms with E-state index in [1.807, 2.05) is 0 Å². The molecule has 0 aromatic carbocycles. The molecule has 12 nitrogen and oxygen atoms in total. The Morgan fingerprint density at radius 3 is 2.74 bits per heavy atom. The highest BCUT2D eigenvalue weighted by molar-refractivity contribution is 5.86. The zero-order valence-corrected chi connectivity index (χ0v) is 22.8. The van der Waals surface area contributed by atoms with E-state index in [1.54, 1.807) is 52.4 Å². The second kappa shape index (κ2) is 13.2. The van der Waals surface area contributed by atoms with Gasteiger partial charge in [0.1, 0.15) is 17.5 Å². The molecule has 1 saturated heterocycles. The van der Waals surface area contributed by atoms with E-state index in [0.717, 1.165) is 30.0 Å². The van der Waals surface area contributed by atoms with Gasteiger partial charge < -0.3 is 30.5 Å². The van der Waals surface area contributed by atoms with Crippen molar-refractivity contribution in [3.63, 3.8) is 0 Å². The molecule has 0 aliphatic carbocycles. The van der Waals surface area contributed by atoms with Gasteiger partial charge in [0, 0.05) is 49.2 Å². The van der Waals surface area contributed by atoms with Gasteiger partial charge in [-0.2, -0.15) is 4.98 Å². The predicted octanol–water partition coefficient (Wildman–Crippen LogP) is 2.86. The van der Waals surface area contributed by atoms with Crippen LogP contribution in [-0.4, -0.2) is 81.4 Å². The van der Waals surface area contributed by atoms with Crippen LogP contribution in [0.15, 0.2) is 24.5 Å². The van der Waals surface area contributed by atoms with E-state index in [-0.39, 0.29) is 18.9 Å². The summed E-state index contributed by atoms with van der Waals surface area (Å²) >= 11 is 0. The molecule has 0 radical (unpaired) electrons. The molecular formula is C26H39N7O5. The van der Waals surface area contributed by atoms with Gasteiger partial charge in [-0.1, -0.05) is 6.92 Å². The summed E-state index contributed by atoms with van der Waals surface area (Å²) < 4.78 is 10.6. The average molecular weight is 530 g/mol. The van der Waals surface area contributed by atoms with E-state index >= 15 is 0 Å². The van der Waals surface area contributed by atoms with E-state index in [1.165, 1.54) is 4.90 Å². The molecule has 2 atom stereocenters. The number of β-amino-alcohol motifs (C(OH)–C–C–N with tert-alkyl or cyclic N) is 1. The number of anilines is 3. The molecule has 208 valence electrons. The number of hydrogen-bond acceptors (Lipinski definition) is 10. The smallest absolute Gasteiger partial charge is 0.411 e. The van der Waals surface area contributed by atoms with Crippen LogP contribution in [0.4, 0.5) is 22.2 Å². The van der Waals surface area contributed by atoms with Gasteiger partial charge in [0.2, 0.25) is 17.7 Å². The van der Waals surface area contributed by atoms with E-state index in [9.17, 15) is 14.7 Å². The first kappa shape index (κ1) is 28.9. The zero-order valence-electron chi connectivity index (χ0n) is 22.8. The van der Waals surface area contributed by atoms with Crippen molar-refractivity contribution in [1.29, 1.82) is 0 Å². The number of ether oxygens (including phenoxy) is 2. The molecule has 2 aromatic rings. The lowest BCUT2D eigenvalue weighted by molar-refractivity contribution is -0.125. The van der Waals surface area contributed by atoms with Crippen LogP contribution in [0, 0.1) is 0 Å². The molecule has 0 bridgehead atoms. The molecule has 0 unspecified atom stereocenters. The molecule has 2 amide bonds. The van der Waals surface area contributed by atoms with Gasteiger partial charge in [-0.15, -0.1) is 0 Å². The van der Waals surface area contributed by atoms with Crippen LogP contribution in [-0.2, 0) is 16.0 Å². The number of likely N-dealkylation sites (tertiary alicyclic amines) is 1. The lowest BCUT2D eigenvalue weighted by Gasteiger charge is -2.27. The Kier molecular flexibility index (Phi) is 10.1. The highest BCUT2D eigenvalue weighted by atomic mass is 16.6. The van der Waals surface area contributed by atoms with Crippen molar-refractivity contribution in [2.24, 2.45) is 0 Å². The van der Waals surface area contributed by atoms with Crippen molar-refractivity contribution in [3.05, 3.63) is 30.1 Å². The van der Waals surface area contributed by atoms with Crippen molar-refractivity contribution in [2.75, 3.05) is 37.4 Å². The number of nitrogens with zero attached hydrogens (tertiary/aromatic N) is 4. The molecule has 2 aromatic heterocycles. The van der Waals surface area contributed by atoms with Gasteiger partial charge >= 0.3 is 6.09 Å². The fourth-order valence-electron chi connectivity index (χ4n) is 3.97. The first-order valence-electron chi connectivity index (χ1n) is 12.9. The minimum atomic E-state index is -0.762. The number of hydrogen-bond donors (Lipinski definition) is 4. The van der Waals surface area contributed by atoms with Crippen molar-refractivity contribution >= 4 is 29.5 Å². The number of carbonyl (C=O) groups is 2. The number of amides is 2. The molecule has 3 rings (SSSR count). The normalized spacial score (nSPS) is 17.2. The highest BCUT2D eigenvalue weighted by Crippen LogP contribution is 2.23. The number of aromatic nitrogens is 3. The van der Waals surface area contributed by atoms with Crippen LogP contribution < -0.4 is 20.7 Å². The van der Waals surface area contributed by atoms with E-state index in [4.69, 9.17) is 9.47 Å². The lowest BCUT2D eigenvalue weighted by atomic mass is 10.1. The first-order chi connectivity index (χ1) is 18.1. The third-order valence-electron chi connectivity index (χ3n) is 5.74.